The maximum atomic E-state index is 11.0. The summed E-state index contributed by atoms with van der Waals surface area (Å²) < 4.78 is 16.6. The largest absolute Gasteiger partial charge is 0.593 e. The molecule has 0 saturated heterocycles. The fourth-order valence-electron chi connectivity index (χ4n) is 1.52. The van der Waals surface area contributed by atoms with Gasteiger partial charge in [0.2, 0.25) is 0 Å². The summed E-state index contributed by atoms with van der Waals surface area (Å²) in [5, 5.41) is 5.27. The molecule has 0 fully saturated rings. The van der Waals surface area contributed by atoms with Crippen LogP contribution in [0.4, 0.5) is 0 Å². The van der Waals surface area contributed by atoms with E-state index >= 15 is 0 Å². The molecule has 92 valence electrons. The Bertz CT molecular complexity index is 499. The van der Waals surface area contributed by atoms with Gasteiger partial charge >= 0.3 is 0 Å². The third kappa shape index (κ3) is 3.53. The van der Waals surface area contributed by atoms with Crippen LogP contribution >= 0.6 is 0 Å². The number of rotatable bonds is 4. The van der Waals surface area contributed by atoms with Crippen molar-refractivity contribution in [1.29, 1.82) is 0 Å². The Labute approximate surface area is 111 Å². The third-order valence-corrected chi connectivity index (χ3v) is 3.32. The summed E-state index contributed by atoms with van der Waals surface area (Å²) in [5.41, 5.74) is 2.35. The Balaban J connectivity index is 1.95. The van der Waals surface area contributed by atoms with Gasteiger partial charge in [0.05, 0.1) is 11.4 Å². The molecule has 2 N–H and O–H groups in total. The number of hydrogen-bond acceptors (Lipinski definition) is 3. The molecule has 18 heavy (non-hydrogen) atoms. The topological polar surface area (TPSA) is 58.3 Å². The normalized spacial score (nSPS) is 12.1. The van der Waals surface area contributed by atoms with Crippen LogP contribution in [0.1, 0.15) is 5.56 Å². The average Bonchev–Trinajstić information content (AvgIpc) is 2.38. The minimum Gasteiger partial charge on any atom is -0.593 e. The summed E-state index contributed by atoms with van der Waals surface area (Å²) in [6, 6.07) is 15.2. The van der Waals surface area contributed by atoms with E-state index in [1.165, 1.54) is 5.46 Å². The van der Waals surface area contributed by atoms with Crippen molar-refractivity contribution in [3.8, 4) is 5.75 Å². The molecule has 0 radical (unpaired) electrons. The van der Waals surface area contributed by atoms with Gasteiger partial charge in [-0.2, -0.15) is 0 Å². The van der Waals surface area contributed by atoms with E-state index in [4.69, 9.17) is 9.88 Å². The lowest BCUT2D eigenvalue weighted by atomic mass is 9.95. The van der Waals surface area contributed by atoms with Crippen LogP contribution in [0, 0.1) is 0 Å². The van der Waals surface area contributed by atoms with E-state index in [2.05, 4.69) is 20.0 Å². The molecule has 0 amide bonds. The van der Waals surface area contributed by atoms with Crippen molar-refractivity contribution in [3.05, 3.63) is 54.1 Å². The van der Waals surface area contributed by atoms with Gasteiger partial charge in [0.1, 0.15) is 20.2 Å². The van der Waals surface area contributed by atoms with Gasteiger partial charge in [-0.05, 0) is 29.8 Å². The van der Waals surface area contributed by atoms with E-state index in [1.807, 2.05) is 12.1 Å². The molecule has 0 aliphatic heterocycles. The van der Waals surface area contributed by atoms with Crippen LogP contribution in [0.25, 0.3) is 0 Å². The van der Waals surface area contributed by atoms with Gasteiger partial charge in [-0.15, -0.1) is 5.14 Å². The molecule has 0 heterocycles. The molecule has 3 nitrogen and oxygen atoms in total. The fraction of sp³-hybridized carbons (Fsp3) is 0.0769. The molecule has 1 unspecified atom stereocenters. The van der Waals surface area contributed by atoms with E-state index in [0.29, 0.717) is 11.5 Å². The molecule has 2 rings (SSSR count). The zero-order valence-corrected chi connectivity index (χ0v) is 10.9. The van der Waals surface area contributed by atoms with E-state index in [-0.39, 0.29) is 0 Å². The van der Waals surface area contributed by atoms with Gasteiger partial charge in [0.25, 0.3) is 0 Å². The SMILES string of the molecule is Bc1ccc(COc2ccc([S+](N)[O-])cc2)cc1. The van der Waals surface area contributed by atoms with Gasteiger partial charge in [-0.1, -0.05) is 29.7 Å². The smallest absolute Gasteiger partial charge is 0.173 e. The molecular weight excluding hydrogens is 245 g/mol. The van der Waals surface area contributed by atoms with Crippen molar-refractivity contribution in [1.82, 2.24) is 0 Å². The Morgan fingerprint density at radius 3 is 2.22 bits per heavy atom. The van der Waals surface area contributed by atoms with Crippen LogP contribution in [-0.4, -0.2) is 12.4 Å². The van der Waals surface area contributed by atoms with E-state index in [0.717, 1.165) is 11.3 Å². The zero-order valence-electron chi connectivity index (χ0n) is 10.1. The van der Waals surface area contributed by atoms with Crippen LogP contribution in [0.15, 0.2) is 53.4 Å². The molecule has 1 atom stereocenters. The Morgan fingerprint density at radius 1 is 1.06 bits per heavy atom. The van der Waals surface area contributed by atoms with Gasteiger partial charge in [-0.3, -0.25) is 0 Å². The molecule has 0 spiro atoms. The number of hydrogen-bond donors (Lipinski definition) is 1. The summed E-state index contributed by atoms with van der Waals surface area (Å²) in [5.74, 6) is 0.741. The number of ether oxygens (including phenoxy) is 1. The predicted octanol–water partition coefficient (Wildman–Crippen LogP) is 0.505. The lowest BCUT2D eigenvalue weighted by molar-refractivity contribution is 0.306. The van der Waals surface area contributed by atoms with Crippen LogP contribution in [-0.2, 0) is 18.0 Å². The second kappa shape index (κ2) is 5.95. The quantitative estimate of drug-likeness (QED) is 0.642. The second-order valence-electron chi connectivity index (χ2n) is 4.04. The van der Waals surface area contributed by atoms with Gasteiger partial charge in [0.15, 0.2) is 4.90 Å². The first kappa shape index (κ1) is 13.0. The Kier molecular flexibility index (Phi) is 4.31. The monoisotopic (exact) mass is 259 g/mol. The van der Waals surface area contributed by atoms with Crippen LogP contribution in [0.3, 0.4) is 0 Å². The van der Waals surface area contributed by atoms with Crippen molar-refractivity contribution in [2.75, 3.05) is 0 Å². The minimum absolute atomic E-state index is 0.519. The molecule has 2 aromatic rings. The first-order valence-corrected chi connectivity index (χ1v) is 6.81. The molecule has 0 bridgehead atoms. The standard InChI is InChI=1S/C13H14BNO2S/c14-11-3-1-10(2-4-11)9-17-12-5-7-13(8-6-12)18(15)16/h1-8H,9,14-15H2. The zero-order chi connectivity index (χ0) is 13.0. The summed E-state index contributed by atoms with van der Waals surface area (Å²) >= 11 is -1.44. The van der Waals surface area contributed by atoms with Crippen molar-refractivity contribution in [3.63, 3.8) is 0 Å². The molecule has 0 aliphatic rings. The van der Waals surface area contributed by atoms with Crippen molar-refractivity contribution >= 4 is 24.7 Å². The molecule has 2 aromatic carbocycles. The highest BCUT2D eigenvalue weighted by atomic mass is 32.2. The predicted molar refractivity (Wildman–Crippen MR) is 76.0 cm³/mol. The molecule has 0 saturated carbocycles. The van der Waals surface area contributed by atoms with Gasteiger partial charge < -0.3 is 9.29 Å². The maximum Gasteiger partial charge on any atom is 0.173 e. The summed E-state index contributed by atoms with van der Waals surface area (Å²) in [4.78, 5) is 0.595. The van der Waals surface area contributed by atoms with Crippen LogP contribution in [0.2, 0.25) is 0 Å². The van der Waals surface area contributed by atoms with Crippen LogP contribution in [0.5, 0.6) is 5.75 Å². The van der Waals surface area contributed by atoms with Crippen LogP contribution < -0.4 is 15.3 Å². The lowest BCUT2D eigenvalue weighted by Gasteiger charge is -2.07. The maximum absolute atomic E-state index is 11.0. The first-order valence-electron chi connectivity index (χ1n) is 5.60. The Hall–Kier alpha value is -1.43. The molecule has 0 aliphatic carbocycles. The molecular formula is C13H14BNO2S. The first-order chi connectivity index (χ1) is 8.65. The van der Waals surface area contributed by atoms with E-state index < -0.39 is 11.4 Å². The average molecular weight is 259 g/mol. The molecule has 0 aromatic heterocycles. The van der Waals surface area contributed by atoms with E-state index in [1.54, 1.807) is 24.3 Å². The highest BCUT2D eigenvalue weighted by Gasteiger charge is 2.04. The van der Waals surface area contributed by atoms with Crippen molar-refractivity contribution < 1.29 is 9.29 Å². The number of nitrogens with two attached hydrogens (primary N) is 1. The highest BCUT2D eigenvalue weighted by molar-refractivity contribution is 7.89. The lowest BCUT2D eigenvalue weighted by Crippen LogP contribution is -2.11. The summed E-state index contributed by atoms with van der Waals surface area (Å²) in [7, 11) is 2.05. The molecule has 5 heteroatoms. The highest BCUT2D eigenvalue weighted by Crippen LogP contribution is 2.16. The van der Waals surface area contributed by atoms with Gasteiger partial charge in [0, 0.05) is 0 Å². The third-order valence-electron chi connectivity index (χ3n) is 2.58. The van der Waals surface area contributed by atoms with Crippen molar-refractivity contribution in [2.24, 2.45) is 5.14 Å². The van der Waals surface area contributed by atoms with Crippen molar-refractivity contribution in [2.45, 2.75) is 11.5 Å². The Morgan fingerprint density at radius 2 is 1.67 bits per heavy atom. The summed E-state index contributed by atoms with van der Waals surface area (Å²) in [6.07, 6.45) is 0. The van der Waals surface area contributed by atoms with E-state index in [9.17, 15) is 4.55 Å². The van der Waals surface area contributed by atoms with Gasteiger partial charge in [-0.25, -0.2) is 0 Å². The summed E-state index contributed by atoms with van der Waals surface area (Å²) in [6.45, 7) is 0.519. The number of benzene rings is 2. The minimum atomic E-state index is -1.44. The fourth-order valence-corrected chi connectivity index (χ4v) is 1.93. The second-order valence-corrected chi connectivity index (χ2v) is 5.11.